The van der Waals surface area contributed by atoms with Gasteiger partial charge in [-0.3, -0.25) is 4.90 Å². The van der Waals surface area contributed by atoms with Gasteiger partial charge in [0.05, 0.1) is 30.2 Å². The van der Waals surface area contributed by atoms with Gasteiger partial charge < -0.3 is 19.0 Å². The normalized spacial score (nSPS) is 17.9. The van der Waals surface area contributed by atoms with E-state index in [9.17, 15) is 8.42 Å². The fourth-order valence-electron chi connectivity index (χ4n) is 5.70. The van der Waals surface area contributed by atoms with Crippen LogP contribution in [0.3, 0.4) is 0 Å². The second kappa shape index (κ2) is 12.5. The molecular weight excluding hydrogens is 616 g/mol. The fraction of sp³-hybridized carbons (Fsp3) is 0.387. The lowest BCUT2D eigenvalue weighted by Crippen LogP contribution is -2.39. The maximum Gasteiger partial charge on any atom is 0.247 e. The second-order valence-corrected chi connectivity index (χ2v) is 13.9. The Bertz CT molecular complexity index is 1920. The minimum absolute atomic E-state index is 0.0722. The van der Waals surface area contributed by atoms with E-state index in [0.29, 0.717) is 35.5 Å². The van der Waals surface area contributed by atoms with E-state index in [1.54, 1.807) is 6.20 Å². The zero-order valence-electron chi connectivity index (χ0n) is 24.8. The molecule has 2 aromatic carbocycles. The number of ether oxygens (including phenoxy) is 2. The summed E-state index contributed by atoms with van der Waals surface area (Å²) in [6.45, 7) is 3.95. The number of halogens is 1. The Morgan fingerprint density at radius 1 is 1.04 bits per heavy atom. The van der Waals surface area contributed by atoms with E-state index in [1.165, 1.54) is 0 Å². The van der Waals surface area contributed by atoms with Crippen LogP contribution in [-0.4, -0.2) is 86.2 Å². The van der Waals surface area contributed by atoms with Crippen LogP contribution in [0.2, 0.25) is 5.02 Å². The van der Waals surface area contributed by atoms with Crippen LogP contribution in [0.4, 0.5) is 0 Å². The SMILES string of the molecule is CS(=O)(=O)c1nnc(-c2ccc3c(c2)nc(CN2CCC(Oc4ccnc(Cc5ccc(Cl)cc5)n4)CC2)n3CC2CCO2)[nH]1. The molecule has 234 valence electrons. The summed E-state index contributed by atoms with van der Waals surface area (Å²) in [6, 6.07) is 15.4. The van der Waals surface area contributed by atoms with Crippen LogP contribution < -0.4 is 4.74 Å². The molecule has 2 fully saturated rings. The summed E-state index contributed by atoms with van der Waals surface area (Å²) in [6.07, 6.45) is 6.48. The largest absolute Gasteiger partial charge is 0.474 e. The molecule has 1 N–H and O–H groups in total. The van der Waals surface area contributed by atoms with Crippen molar-refractivity contribution >= 4 is 32.5 Å². The van der Waals surface area contributed by atoms with Gasteiger partial charge in [0, 0.05) is 55.2 Å². The highest BCUT2D eigenvalue weighted by Crippen LogP contribution is 2.27. The minimum Gasteiger partial charge on any atom is -0.474 e. The minimum atomic E-state index is -3.49. The first-order chi connectivity index (χ1) is 21.8. The lowest BCUT2D eigenvalue weighted by Gasteiger charge is -2.32. The Kier molecular flexibility index (Phi) is 8.25. The number of nitrogens with one attached hydrogen (secondary N) is 1. The van der Waals surface area contributed by atoms with Gasteiger partial charge in [-0.1, -0.05) is 23.7 Å². The maximum atomic E-state index is 11.9. The van der Waals surface area contributed by atoms with E-state index < -0.39 is 9.84 Å². The zero-order chi connectivity index (χ0) is 31.0. The van der Waals surface area contributed by atoms with Crippen LogP contribution in [0.1, 0.15) is 36.5 Å². The number of sulfone groups is 1. The van der Waals surface area contributed by atoms with Crippen LogP contribution >= 0.6 is 11.6 Å². The van der Waals surface area contributed by atoms with E-state index in [1.807, 2.05) is 48.5 Å². The highest BCUT2D eigenvalue weighted by atomic mass is 35.5. The predicted molar refractivity (Wildman–Crippen MR) is 168 cm³/mol. The Hall–Kier alpha value is -3.91. The van der Waals surface area contributed by atoms with Crippen molar-refractivity contribution in [3.05, 3.63) is 77.0 Å². The summed E-state index contributed by atoms with van der Waals surface area (Å²) in [5.74, 6) is 2.66. The molecule has 14 heteroatoms. The molecule has 5 aromatic rings. The van der Waals surface area contributed by atoms with E-state index in [0.717, 1.165) is 79.7 Å². The van der Waals surface area contributed by atoms with Gasteiger partial charge in [0.15, 0.2) is 5.82 Å². The van der Waals surface area contributed by atoms with Crippen LogP contribution in [0.5, 0.6) is 5.88 Å². The van der Waals surface area contributed by atoms with Gasteiger partial charge >= 0.3 is 0 Å². The number of benzene rings is 2. The molecule has 5 heterocycles. The molecule has 1 atom stereocenters. The third-order valence-corrected chi connectivity index (χ3v) is 9.38. The zero-order valence-corrected chi connectivity index (χ0v) is 26.3. The smallest absolute Gasteiger partial charge is 0.247 e. The molecule has 1 unspecified atom stereocenters. The Morgan fingerprint density at radius 2 is 1.84 bits per heavy atom. The third-order valence-electron chi connectivity index (χ3n) is 8.24. The quantitative estimate of drug-likeness (QED) is 0.235. The van der Waals surface area contributed by atoms with Crippen LogP contribution in [0.15, 0.2) is 59.9 Å². The molecule has 45 heavy (non-hydrogen) atoms. The fourth-order valence-corrected chi connectivity index (χ4v) is 6.30. The molecule has 0 radical (unpaired) electrons. The number of piperidine rings is 1. The van der Waals surface area contributed by atoms with Crippen molar-refractivity contribution in [2.75, 3.05) is 26.0 Å². The average molecular weight is 649 g/mol. The number of aromatic nitrogens is 7. The third kappa shape index (κ3) is 6.86. The number of likely N-dealkylation sites (tertiary alicyclic amines) is 1. The van der Waals surface area contributed by atoms with Crippen molar-refractivity contribution in [1.29, 1.82) is 0 Å². The van der Waals surface area contributed by atoms with Crippen LogP contribution in [0.25, 0.3) is 22.4 Å². The molecule has 2 aliphatic heterocycles. The first-order valence-corrected chi connectivity index (χ1v) is 17.2. The van der Waals surface area contributed by atoms with Gasteiger partial charge in [-0.05, 0) is 55.2 Å². The van der Waals surface area contributed by atoms with Gasteiger partial charge in [0.2, 0.25) is 20.9 Å². The highest BCUT2D eigenvalue weighted by molar-refractivity contribution is 7.90. The number of aromatic amines is 1. The number of hydrogen-bond acceptors (Lipinski definition) is 10. The van der Waals surface area contributed by atoms with Gasteiger partial charge in [0.25, 0.3) is 0 Å². The molecule has 3 aromatic heterocycles. The predicted octanol–water partition coefficient (Wildman–Crippen LogP) is 4.09. The van der Waals surface area contributed by atoms with Crippen molar-refractivity contribution in [3.8, 4) is 17.3 Å². The summed E-state index contributed by atoms with van der Waals surface area (Å²) in [5.41, 5.74) is 3.63. The molecule has 0 spiro atoms. The van der Waals surface area contributed by atoms with E-state index >= 15 is 0 Å². The van der Waals surface area contributed by atoms with Crippen molar-refractivity contribution < 1.29 is 17.9 Å². The van der Waals surface area contributed by atoms with E-state index in [4.69, 9.17) is 26.1 Å². The molecular formula is C31H33ClN8O4S. The van der Waals surface area contributed by atoms with Crippen LogP contribution in [-0.2, 0) is 34.1 Å². The molecule has 0 aliphatic carbocycles. The average Bonchev–Trinajstić information content (AvgIpc) is 3.63. The molecule has 2 saturated heterocycles. The first kappa shape index (κ1) is 29.8. The summed E-state index contributed by atoms with van der Waals surface area (Å²) < 4.78 is 38.1. The van der Waals surface area contributed by atoms with Crippen molar-refractivity contribution in [2.24, 2.45) is 0 Å². The lowest BCUT2D eigenvalue weighted by molar-refractivity contribution is -0.0592. The van der Waals surface area contributed by atoms with Gasteiger partial charge in [0.1, 0.15) is 17.8 Å². The van der Waals surface area contributed by atoms with Gasteiger partial charge in [-0.25, -0.2) is 18.4 Å². The Morgan fingerprint density at radius 3 is 2.56 bits per heavy atom. The highest BCUT2D eigenvalue weighted by Gasteiger charge is 2.26. The molecule has 0 bridgehead atoms. The standard InChI is InChI=1S/C31H33ClN8O4S/c1-45(41,42)31-36-30(37-38-31)21-4-7-26-25(17-21)34-28(40(26)18-24-11-15-43-24)19-39-13-9-23(10-14-39)44-29-8-12-33-27(35-29)16-20-2-5-22(32)6-3-20/h2-8,12,17,23-24H,9-11,13-16,18-19H2,1H3,(H,36,37,38). The maximum absolute atomic E-state index is 11.9. The number of fused-ring (bicyclic) bond motifs is 1. The number of rotatable bonds is 10. The molecule has 0 saturated carbocycles. The second-order valence-electron chi connectivity index (χ2n) is 11.6. The van der Waals surface area contributed by atoms with E-state index in [-0.39, 0.29) is 17.4 Å². The monoisotopic (exact) mass is 648 g/mol. The molecule has 0 amide bonds. The number of H-pyrrole nitrogens is 1. The summed E-state index contributed by atoms with van der Waals surface area (Å²) in [5, 5.41) is 8.39. The van der Waals surface area contributed by atoms with Crippen LogP contribution in [0, 0.1) is 0 Å². The summed E-state index contributed by atoms with van der Waals surface area (Å²) >= 11 is 6.01. The van der Waals surface area contributed by atoms with E-state index in [2.05, 4.69) is 34.6 Å². The van der Waals surface area contributed by atoms with Crippen molar-refractivity contribution in [3.63, 3.8) is 0 Å². The van der Waals surface area contributed by atoms with Gasteiger partial charge in [-0.2, -0.15) is 4.98 Å². The number of nitrogens with zero attached hydrogens (tertiary/aromatic N) is 7. The Balaban J connectivity index is 1.02. The van der Waals surface area contributed by atoms with Crippen molar-refractivity contribution in [2.45, 2.75) is 56.1 Å². The summed E-state index contributed by atoms with van der Waals surface area (Å²) in [7, 11) is -3.49. The topological polar surface area (TPSA) is 141 Å². The molecule has 2 aliphatic rings. The molecule has 12 nitrogen and oxygen atoms in total. The number of imidazole rings is 1. The Labute approximate surface area is 265 Å². The summed E-state index contributed by atoms with van der Waals surface area (Å²) in [4.78, 5) is 19.3. The first-order valence-electron chi connectivity index (χ1n) is 15.0. The lowest BCUT2D eigenvalue weighted by atomic mass is 10.1. The number of hydrogen-bond donors (Lipinski definition) is 1. The van der Waals surface area contributed by atoms with Gasteiger partial charge in [-0.15, -0.1) is 10.2 Å². The molecule has 7 rings (SSSR count). The van der Waals surface area contributed by atoms with Crippen molar-refractivity contribution in [1.82, 2.24) is 39.6 Å².